The molecule has 0 aliphatic carbocycles. The smallest absolute Gasteiger partial charge is 0.469 e. The van der Waals surface area contributed by atoms with Crippen molar-refractivity contribution in [2.75, 3.05) is 0 Å². The van der Waals surface area contributed by atoms with E-state index in [0.717, 1.165) is 11.1 Å². The van der Waals surface area contributed by atoms with E-state index in [4.69, 9.17) is 14.9 Å². The number of phosphoric ester groups is 1. The van der Waals surface area contributed by atoms with Gasteiger partial charge in [0.2, 0.25) is 0 Å². The van der Waals surface area contributed by atoms with Crippen LogP contribution in [0.4, 0.5) is 0 Å². The summed E-state index contributed by atoms with van der Waals surface area (Å²) < 4.78 is 15.4. The monoisotopic (exact) mass is 410 g/mol. The van der Waals surface area contributed by atoms with Gasteiger partial charge in [0.15, 0.2) is 0 Å². The molecule has 0 unspecified atom stereocenters. The molecule has 0 amide bonds. The zero-order valence-electron chi connectivity index (χ0n) is 17.3. The molecule has 2 rings (SSSR count). The molecule has 156 valence electrons. The van der Waals surface area contributed by atoms with Crippen LogP contribution < -0.4 is 0 Å². The van der Waals surface area contributed by atoms with E-state index in [1.54, 1.807) is 36.4 Å². The molecule has 7 heteroatoms. The van der Waals surface area contributed by atoms with E-state index in [-0.39, 0.29) is 23.2 Å². The van der Waals surface area contributed by atoms with E-state index in [9.17, 15) is 9.67 Å². The Bertz CT molecular complexity index is 778. The molecule has 2 aromatic rings. The van der Waals surface area contributed by atoms with Gasteiger partial charge in [-0.05, 0) is 51.8 Å². The van der Waals surface area contributed by atoms with Crippen LogP contribution in [0.5, 0.6) is 11.5 Å². The highest BCUT2D eigenvalue weighted by Gasteiger charge is 2.27. The molecule has 0 aromatic heterocycles. The first kappa shape index (κ1) is 24.2. The van der Waals surface area contributed by atoms with E-state index in [0.29, 0.717) is 11.3 Å². The van der Waals surface area contributed by atoms with Gasteiger partial charge in [-0.15, -0.1) is 0 Å². The van der Waals surface area contributed by atoms with Gasteiger partial charge in [0.25, 0.3) is 0 Å². The summed E-state index contributed by atoms with van der Waals surface area (Å²) in [6.07, 6.45) is 0. The first-order valence-corrected chi connectivity index (χ1v) is 10.5. The number of phosphoric acid groups is 1. The zero-order valence-corrected chi connectivity index (χ0v) is 18.2. The minimum Gasteiger partial charge on any atom is -0.508 e. The summed E-state index contributed by atoms with van der Waals surface area (Å²) in [5.74, 6) is 0.553. The average molecular weight is 410 g/mol. The van der Waals surface area contributed by atoms with Gasteiger partial charge < -0.3 is 20.0 Å². The summed E-state index contributed by atoms with van der Waals surface area (Å²) >= 11 is 0. The van der Waals surface area contributed by atoms with Crippen LogP contribution >= 0.6 is 7.82 Å². The number of para-hydroxylation sites is 1. The molecule has 0 fully saturated rings. The Morgan fingerprint density at radius 1 is 0.857 bits per heavy atom. The molecule has 6 nitrogen and oxygen atoms in total. The van der Waals surface area contributed by atoms with Crippen molar-refractivity contribution in [3.05, 3.63) is 59.2 Å². The number of hydrogen-bond donors (Lipinski definition) is 4. The number of aromatic hydroxyl groups is 2. The van der Waals surface area contributed by atoms with Gasteiger partial charge in [-0.1, -0.05) is 59.7 Å². The van der Waals surface area contributed by atoms with Gasteiger partial charge in [0.1, 0.15) is 11.5 Å². The fourth-order valence-corrected chi connectivity index (χ4v) is 2.82. The van der Waals surface area contributed by atoms with Crippen LogP contribution in [0.15, 0.2) is 42.5 Å². The lowest BCUT2D eigenvalue weighted by molar-refractivity contribution is 0.189. The number of rotatable bonds is 3. The highest BCUT2D eigenvalue weighted by atomic mass is 31.2. The summed E-state index contributed by atoms with van der Waals surface area (Å²) in [5.41, 5.74) is 1.52. The first-order valence-electron chi connectivity index (χ1n) is 8.92. The molecule has 28 heavy (non-hydrogen) atoms. The Balaban J connectivity index is 0.000000467. The molecule has 4 N–H and O–H groups in total. The van der Waals surface area contributed by atoms with Crippen molar-refractivity contribution >= 4 is 7.82 Å². The maximum atomic E-state index is 10.9. The fraction of sp³-hybridized carbons (Fsp3) is 0.429. The molecule has 0 saturated carbocycles. The van der Waals surface area contributed by atoms with Crippen molar-refractivity contribution in [3.8, 4) is 11.5 Å². The normalized spacial score (nSPS) is 12.3. The van der Waals surface area contributed by atoms with Crippen molar-refractivity contribution in [2.24, 2.45) is 0 Å². The van der Waals surface area contributed by atoms with E-state index >= 15 is 0 Å². The van der Waals surface area contributed by atoms with E-state index in [2.05, 4.69) is 4.52 Å². The van der Waals surface area contributed by atoms with Crippen LogP contribution in [0.3, 0.4) is 0 Å². The molecule has 0 spiro atoms. The minimum absolute atomic E-state index is 0.198. The van der Waals surface area contributed by atoms with Gasteiger partial charge in [0.05, 0.1) is 6.61 Å². The molecule has 0 aliphatic heterocycles. The van der Waals surface area contributed by atoms with Crippen LogP contribution in [-0.4, -0.2) is 20.0 Å². The van der Waals surface area contributed by atoms with Crippen LogP contribution in [0.2, 0.25) is 0 Å². The Labute approximate surface area is 167 Å². The Morgan fingerprint density at radius 2 is 1.29 bits per heavy atom. The second-order valence-corrected chi connectivity index (χ2v) is 9.88. The van der Waals surface area contributed by atoms with Gasteiger partial charge >= 0.3 is 7.82 Å². The maximum Gasteiger partial charge on any atom is 0.469 e. The van der Waals surface area contributed by atoms with Crippen LogP contribution in [0, 0.1) is 0 Å². The van der Waals surface area contributed by atoms with Gasteiger partial charge in [-0.2, -0.15) is 0 Å². The predicted octanol–water partition coefficient (Wildman–Crippen LogP) is 4.99. The van der Waals surface area contributed by atoms with Gasteiger partial charge in [0, 0.05) is 0 Å². The van der Waals surface area contributed by atoms with Crippen LogP contribution in [-0.2, 0) is 26.5 Å². The second-order valence-electron chi connectivity index (χ2n) is 8.64. The quantitative estimate of drug-likeness (QED) is 0.531. The summed E-state index contributed by atoms with van der Waals surface area (Å²) in [5, 5.41) is 19.2. The number of phenolic OH excluding ortho intramolecular Hbond substituents is 2. The van der Waals surface area contributed by atoms with Crippen LogP contribution in [0.1, 0.15) is 58.2 Å². The summed E-state index contributed by atoms with van der Waals surface area (Å²) in [4.78, 5) is 17.7. The predicted molar refractivity (Wildman–Crippen MR) is 110 cm³/mol. The summed E-state index contributed by atoms with van der Waals surface area (Å²) in [6.45, 7) is 11.6. The highest BCUT2D eigenvalue weighted by molar-refractivity contribution is 7.46. The average Bonchev–Trinajstić information content (AvgIpc) is 2.52. The fourth-order valence-electron chi connectivity index (χ4n) is 2.51. The van der Waals surface area contributed by atoms with E-state index in [1.165, 1.54) is 0 Å². The third kappa shape index (κ3) is 8.03. The molecular weight excluding hydrogens is 379 g/mol. The molecule has 0 aliphatic rings. The maximum absolute atomic E-state index is 10.9. The lowest BCUT2D eigenvalue weighted by Gasteiger charge is -2.28. The highest BCUT2D eigenvalue weighted by Crippen LogP contribution is 2.42. The number of phenols is 2. The van der Waals surface area contributed by atoms with Crippen molar-refractivity contribution < 1.29 is 29.1 Å². The van der Waals surface area contributed by atoms with E-state index in [1.807, 2.05) is 47.6 Å². The SMILES string of the molecule is CC(C)(C)c1cc(COP(=O)(O)O)cc(C(C)(C)C)c1O.Oc1ccccc1. The molecular formula is C21H31O6P. The standard InChI is InChI=1S/C15H25O5P.C6H6O/c1-14(2,3)11-7-10(9-20-21(17,18)19)8-12(13(11)16)15(4,5)6;7-6-4-2-1-3-5-6/h7-8,16H,9H2,1-6H3,(H2,17,18,19);1-5,7H. The third-order valence-electron chi connectivity index (χ3n) is 3.94. The lowest BCUT2D eigenvalue weighted by atomic mass is 9.78. The molecule has 0 saturated heterocycles. The molecule has 0 radical (unpaired) electrons. The van der Waals surface area contributed by atoms with Gasteiger partial charge in [-0.25, -0.2) is 4.57 Å². The zero-order chi connectivity index (χ0) is 21.8. The Hall–Kier alpha value is -1.85. The third-order valence-corrected chi connectivity index (χ3v) is 4.41. The molecule has 0 atom stereocenters. The number of hydrogen-bond acceptors (Lipinski definition) is 4. The van der Waals surface area contributed by atoms with Crippen molar-refractivity contribution in [2.45, 2.75) is 59.0 Å². The van der Waals surface area contributed by atoms with Crippen molar-refractivity contribution in [1.82, 2.24) is 0 Å². The Morgan fingerprint density at radius 3 is 1.57 bits per heavy atom. The van der Waals surface area contributed by atoms with E-state index < -0.39 is 7.82 Å². The summed E-state index contributed by atoms with van der Waals surface area (Å²) in [7, 11) is -4.52. The first-order chi connectivity index (χ1) is 12.6. The second kappa shape index (κ2) is 9.10. The molecule has 0 heterocycles. The van der Waals surface area contributed by atoms with Crippen molar-refractivity contribution in [1.29, 1.82) is 0 Å². The van der Waals surface area contributed by atoms with Gasteiger partial charge in [-0.3, -0.25) is 4.52 Å². The molecule has 0 bridgehead atoms. The lowest BCUT2D eigenvalue weighted by Crippen LogP contribution is -2.18. The van der Waals surface area contributed by atoms with Crippen molar-refractivity contribution in [3.63, 3.8) is 0 Å². The van der Waals surface area contributed by atoms with Crippen LogP contribution in [0.25, 0.3) is 0 Å². The minimum atomic E-state index is -4.52. The Kier molecular flexibility index (Phi) is 7.86. The summed E-state index contributed by atoms with van der Waals surface area (Å²) in [6, 6.07) is 12.2. The largest absolute Gasteiger partial charge is 0.508 e. The topological polar surface area (TPSA) is 107 Å². The number of benzene rings is 2. The molecule has 2 aromatic carbocycles.